The Kier molecular flexibility index (Phi) is 9.72. The predicted octanol–water partition coefficient (Wildman–Crippen LogP) is 14.7. The average Bonchev–Trinajstić information content (AvgIpc) is 3.74. The first-order valence-electron chi connectivity index (χ1n) is 21.3. The van der Waals surface area contributed by atoms with Crippen molar-refractivity contribution >= 4 is 62.2 Å². The predicted molar refractivity (Wildman–Crippen MR) is 262 cm³/mol. The SMILES string of the molecule is CC1=c2c(ccc/c2=C/C=C/N(c2ccc(-c3ccc(-c4ccccc4)cc3)cc2)c2cccc3c2oc2ccccc23)-c2cccc(N(c3ccccc3)c3ccccc3)c2O1. The number of nitrogens with zero attached hydrogens (tertiary/aromatic N) is 2. The van der Waals surface area contributed by atoms with E-state index in [9.17, 15) is 0 Å². The highest BCUT2D eigenvalue weighted by atomic mass is 16.5. The molecule has 0 radical (unpaired) electrons. The molecule has 300 valence electrons. The summed E-state index contributed by atoms with van der Waals surface area (Å²) in [6.07, 6.45) is 6.43. The third-order valence-electron chi connectivity index (χ3n) is 11.9. The van der Waals surface area contributed by atoms with Crippen LogP contribution >= 0.6 is 0 Å². The minimum absolute atomic E-state index is 0.837. The van der Waals surface area contributed by atoms with E-state index in [1.54, 1.807) is 0 Å². The van der Waals surface area contributed by atoms with E-state index in [1.807, 2.05) is 24.3 Å². The van der Waals surface area contributed by atoms with Gasteiger partial charge in [-0.1, -0.05) is 170 Å². The van der Waals surface area contributed by atoms with E-state index < -0.39 is 0 Å². The van der Waals surface area contributed by atoms with Crippen molar-refractivity contribution in [2.45, 2.75) is 6.92 Å². The molecule has 0 aliphatic carbocycles. The monoisotopic (exact) mass is 810 g/mol. The lowest BCUT2D eigenvalue weighted by Crippen LogP contribution is -2.32. The third-order valence-corrected chi connectivity index (χ3v) is 11.9. The van der Waals surface area contributed by atoms with Crippen LogP contribution in [0.25, 0.3) is 67.2 Å². The highest BCUT2D eigenvalue weighted by Crippen LogP contribution is 2.46. The lowest BCUT2D eigenvalue weighted by molar-refractivity contribution is 0.501. The lowest BCUT2D eigenvalue weighted by atomic mass is 9.96. The van der Waals surface area contributed by atoms with Crippen LogP contribution in [0.4, 0.5) is 28.4 Å². The molecular formula is C59H42N2O2. The number of para-hydroxylation sites is 5. The largest absolute Gasteiger partial charge is 0.458 e. The second kappa shape index (κ2) is 16.3. The number of furan rings is 1. The minimum atomic E-state index is 0.837. The maximum absolute atomic E-state index is 6.88. The smallest absolute Gasteiger partial charge is 0.159 e. The quantitative estimate of drug-likeness (QED) is 0.145. The van der Waals surface area contributed by atoms with Crippen LogP contribution in [-0.4, -0.2) is 0 Å². The van der Waals surface area contributed by atoms with Crippen LogP contribution in [-0.2, 0) is 0 Å². The van der Waals surface area contributed by atoms with Crippen molar-refractivity contribution in [3.05, 3.63) is 241 Å². The van der Waals surface area contributed by atoms with Crippen LogP contribution in [0.15, 0.2) is 235 Å². The molecule has 0 saturated heterocycles. The number of ether oxygens (including phenoxy) is 1. The van der Waals surface area contributed by atoms with Crippen molar-refractivity contribution in [3.8, 4) is 39.1 Å². The number of rotatable bonds is 9. The van der Waals surface area contributed by atoms with E-state index in [2.05, 4.69) is 229 Å². The van der Waals surface area contributed by atoms with Gasteiger partial charge < -0.3 is 19.0 Å². The molecule has 0 saturated carbocycles. The molecule has 0 amide bonds. The zero-order chi connectivity index (χ0) is 42.1. The molecule has 1 aromatic heterocycles. The van der Waals surface area contributed by atoms with Crippen molar-refractivity contribution in [2.75, 3.05) is 9.80 Å². The number of anilines is 5. The number of hydrogen-bond donors (Lipinski definition) is 0. The van der Waals surface area contributed by atoms with Crippen molar-refractivity contribution in [1.29, 1.82) is 0 Å². The number of hydrogen-bond acceptors (Lipinski definition) is 4. The standard InChI is InChI=1S/C59H42N2O2/c1-41-57-46(19-13-26-51(57)53-28-15-30-55(59(53)62-41)61(48-21-7-3-8-22-48)49-23-9-4-10-24-49)20-16-40-60(54-29-14-27-52-50-25-11-12-31-56(50)63-58(52)54)47-38-36-45(37-39-47)44-34-32-43(33-35-44)42-17-5-2-6-18-42/h2-40H,1H3/b40-16+,46-20-. The van der Waals surface area contributed by atoms with E-state index in [1.165, 1.54) is 16.7 Å². The fraction of sp³-hybridized carbons (Fsp3) is 0.0169. The normalized spacial score (nSPS) is 12.3. The maximum Gasteiger partial charge on any atom is 0.159 e. The molecule has 1 aliphatic heterocycles. The molecule has 1 aliphatic rings. The minimum Gasteiger partial charge on any atom is -0.458 e. The first-order chi connectivity index (χ1) is 31.2. The molecule has 0 atom stereocenters. The summed E-state index contributed by atoms with van der Waals surface area (Å²) in [5.74, 6) is 1.69. The Morgan fingerprint density at radius 2 is 0.968 bits per heavy atom. The second-order valence-corrected chi connectivity index (χ2v) is 15.7. The Labute approximate surface area is 366 Å². The molecule has 0 unspecified atom stereocenters. The van der Waals surface area contributed by atoms with E-state index in [4.69, 9.17) is 9.15 Å². The summed E-state index contributed by atoms with van der Waals surface area (Å²) in [5.41, 5.74) is 13.7. The van der Waals surface area contributed by atoms with Crippen molar-refractivity contribution < 1.29 is 9.15 Å². The molecule has 0 fully saturated rings. The highest BCUT2D eigenvalue weighted by molar-refractivity contribution is 6.09. The lowest BCUT2D eigenvalue weighted by Gasteiger charge is -2.30. The van der Waals surface area contributed by atoms with Crippen molar-refractivity contribution in [2.24, 2.45) is 0 Å². The summed E-state index contributed by atoms with van der Waals surface area (Å²) < 4.78 is 13.5. The molecule has 2 heterocycles. The fourth-order valence-electron chi connectivity index (χ4n) is 8.89. The molecule has 63 heavy (non-hydrogen) atoms. The van der Waals surface area contributed by atoms with Gasteiger partial charge in [-0.25, -0.2) is 0 Å². The Bertz CT molecular complexity index is 3370. The van der Waals surface area contributed by atoms with E-state index in [0.29, 0.717) is 0 Å². The second-order valence-electron chi connectivity index (χ2n) is 15.7. The third kappa shape index (κ3) is 7.04. The summed E-state index contributed by atoms with van der Waals surface area (Å²) in [4.78, 5) is 4.48. The number of benzene rings is 9. The van der Waals surface area contributed by atoms with Crippen molar-refractivity contribution in [1.82, 2.24) is 0 Å². The van der Waals surface area contributed by atoms with Crippen LogP contribution in [0.1, 0.15) is 6.92 Å². The molecule has 4 heteroatoms. The van der Waals surface area contributed by atoms with Gasteiger partial charge in [-0.3, -0.25) is 0 Å². The van der Waals surface area contributed by atoms with Gasteiger partial charge in [-0.05, 0) is 101 Å². The zero-order valence-corrected chi connectivity index (χ0v) is 34.7. The summed E-state index contributed by atoms with van der Waals surface area (Å²) in [5, 5.41) is 4.32. The van der Waals surface area contributed by atoms with Gasteiger partial charge in [0.2, 0.25) is 0 Å². The van der Waals surface area contributed by atoms with Gasteiger partial charge in [0.15, 0.2) is 11.3 Å². The molecule has 4 nitrogen and oxygen atoms in total. The van der Waals surface area contributed by atoms with Gasteiger partial charge in [0.05, 0.1) is 11.4 Å². The summed E-state index contributed by atoms with van der Waals surface area (Å²) in [6.45, 7) is 2.07. The number of allylic oxidation sites excluding steroid dienone is 1. The van der Waals surface area contributed by atoms with Gasteiger partial charge in [0.1, 0.15) is 11.3 Å². The van der Waals surface area contributed by atoms with Gasteiger partial charge >= 0.3 is 0 Å². The van der Waals surface area contributed by atoms with Crippen molar-refractivity contribution in [3.63, 3.8) is 0 Å². The Hall–Kier alpha value is -8.34. The van der Waals surface area contributed by atoms with Crippen LogP contribution < -0.4 is 25.0 Å². The molecule has 0 bridgehead atoms. The van der Waals surface area contributed by atoms with E-state index >= 15 is 0 Å². The molecule has 10 aromatic rings. The van der Waals surface area contributed by atoms with Crippen LogP contribution in [0.5, 0.6) is 5.75 Å². The first kappa shape index (κ1) is 37.6. The zero-order valence-electron chi connectivity index (χ0n) is 34.7. The summed E-state index contributed by atoms with van der Waals surface area (Å²) in [7, 11) is 0. The molecular weight excluding hydrogens is 769 g/mol. The maximum atomic E-state index is 6.88. The van der Waals surface area contributed by atoms with E-state index in [-0.39, 0.29) is 0 Å². The summed E-state index contributed by atoms with van der Waals surface area (Å²) in [6, 6.07) is 76.5. The van der Waals surface area contributed by atoms with Gasteiger partial charge in [-0.2, -0.15) is 0 Å². The van der Waals surface area contributed by atoms with Crippen LogP contribution in [0.3, 0.4) is 0 Å². The number of fused-ring (bicyclic) bond motifs is 6. The van der Waals surface area contributed by atoms with Crippen LogP contribution in [0.2, 0.25) is 0 Å². The Morgan fingerprint density at radius 1 is 0.429 bits per heavy atom. The summed E-state index contributed by atoms with van der Waals surface area (Å²) >= 11 is 0. The van der Waals surface area contributed by atoms with E-state index in [0.717, 1.165) is 89.0 Å². The Morgan fingerprint density at radius 3 is 1.67 bits per heavy atom. The Balaban J connectivity index is 0.987. The van der Waals surface area contributed by atoms with Gasteiger partial charge in [-0.15, -0.1) is 0 Å². The molecule has 0 spiro atoms. The van der Waals surface area contributed by atoms with Gasteiger partial charge in [0.25, 0.3) is 0 Å². The highest BCUT2D eigenvalue weighted by Gasteiger charge is 2.24. The van der Waals surface area contributed by atoms with Crippen LogP contribution in [0, 0.1) is 0 Å². The molecule has 11 rings (SSSR count). The fourth-order valence-corrected chi connectivity index (χ4v) is 8.89. The first-order valence-corrected chi connectivity index (χ1v) is 21.3. The van der Waals surface area contributed by atoms with Gasteiger partial charge in [0, 0.05) is 44.8 Å². The topological polar surface area (TPSA) is 28.9 Å². The average molecular weight is 811 g/mol. The molecule has 0 N–H and O–H groups in total. The molecule has 9 aromatic carbocycles.